The van der Waals surface area contributed by atoms with Crippen molar-refractivity contribution in [2.45, 2.75) is 19.3 Å². The van der Waals surface area contributed by atoms with Crippen molar-refractivity contribution in [1.82, 2.24) is 0 Å². The molecule has 1 heterocycles. The summed E-state index contributed by atoms with van der Waals surface area (Å²) in [7, 11) is 0. The molecule has 20 heavy (non-hydrogen) atoms. The van der Waals surface area contributed by atoms with E-state index in [4.69, 9.17) is 11.0 Å². The van der Waals surface area contributed by atoms with Crippen LogP contribution in [0.2, 0.25) is 0 Å². The predicted octanol–water partition coefficient (Wildman–Crippen LogP) is 2.03. The second-order valence-corrected chi connectivity index (χ2v) is 5.10. The zero-order valence-corrected chi connectivity index (χ0v) is 11.3. The fraction of sp³-hybridized carbons (Fsp3) is 0.500. The maximum absolute atomic E-state index is 11.1. The van der Waals surface area contributed by atoms with Gasteiger partial charge in [0.1, 0.15) is 5.69 Å². The average Bonchev–Trinajstić information content (AvgIpc) is 2.47. The number of anilines is 1. The molecule has 6 heteroatoms. The summed E-state index contributed by atoms with van der Waals surface area (Å²) >= 11 is 0. The summed E-state index contributed by atoms with van der Waals surface area (Å²) < 4.78 is 0. The van der Waals surface area contributed by atoms with Crippen LogP contribution in [0.5, 0.6) is 0 Å². The minimum absolute atomic E-state index is 0.0670. The van der Waals surface area contributed by atoms with Gasteiger partial charge < -0.3 is 10.6 Å². The Kier molecular flexibility index (Phi) is 4.53. The number of nitro groups is 1. The van der Waals surface area contributed by atoms with Crippen molar-refractivity contribution >= 4 is 11.4 Å². The second kappa shape index (κ2) is 6.35. The van der Waals surface area contributed by atoms with Crippen molar-refractivity contribution in [1.29, 1.82) is 5.26 Å². The Morgan fingerprint density at radius 2 is 2.35 bits per heavy atom. The summed E-state index contributed by atoms with van der Waals surface area (Å²) in [6, 6.07) is 6.56. The summed E-state index contributed by atoms with van der Waals surface area (Å²) in [6.07, 6.45) is 3.04. The summed E-state index contributed by atoms with van der Waals surface area (Å²) in [4.78, 5) is 12.8. The van der Waals surface area contributed by atoms with Gasteiger partial charge in [-0.2, -0.15) is 5.26 Å². The molecule has 0 aromatic heterocycles. The lowest BCUT2D eigenvalue weighted by atomic mass is 9.94. The van der Waals surface area contributed by atoms with Crippen molar-refractivity contribution in [3.63, 3.8) is 0 Å². The molecule has 1 aliphatic heterocycles. The summed E-state index contributed by atoms with van der Waals surface area (Å²) in [5.74, 6) is 0.471. The van der Waals surface area contributed by atoms with E-state index in [2.05, 4.69) is 0 Å². The first-order valence-corrected chi connectivity index (χ1v) is 6.79. The molecular weight excluding hydrogens is 256 g/mol. The van der Waals surface area contributed by atoms with Crippen LogP contribution in [0.4, 0.5) is 11.4 Å². The predicted molar refractivity (Wildman–Crippen MR) is 76.4 cm³/mol. The van der Waals surface area contributed by atoms with Gasteiger partial charge in [0.05, 0.1) is 16.6 Å². The fourth-order valence-electron chi connectivity index (χ4n) is 2.76. The van der Waals surface area contributed by atoms with E-state index < -0.39 is 0 Å². The number of rotatable bonds is 4. The number of nitrogens with two attached hydrogens (primary N) is 1. The van der Waals surface area contributed by atoms with Gasteiger partial charge in [-0.25, -0.2) is 0 Å². The third-order valence-corrected chi connectivity index (χ3v) is 3.74. The van der Waals surface area contributed by atoms with E-state index in [1.807, 2.05) is 11.0 Å². The molecule has 0 aliphatic carbocycles. The van der Waals surface area contributed by atoms with E-state index in [0.29, 0.717) is 23.7 Å². The summed E-state index contributed by atoms with van der Waals surface area (Å²) in [6.45, 7) is 2.20. The van der Waals surface area contributed by atoms with Crippen LogP contribution in [0.25, 0.3) is 0 Å². The Morgan fingerprint density at radius 3 is 3.00 bits per heavy atom. The average molecular weight is 274 g/mol. The highest BCUT2D eigenvalue weighted by molar-refractivity contribution is 5.66. The molecule has 1 atom stereocenters. The third-order valence-electron chi connectivity index (χ3n) is 3.74. The molecular formula is C14H18N4O2. The Bertz CT molecular complexity index is 536. The number of hydrogen-bond acceptors (Lipinski definition) is 5. The van der Waals surface area contributed by atoms with Crippen LogP contribution in [0.3, 0.4) is 0 Å². The first kappa shape index (κ1) is 14.3. The van der Waals surface area contributed by atoms with Crippen LogP contribution in [-0.4, -0.2) is 24.6 Å². The molecule has 1 aromatic rings. The normalized spacial score (nSPS) is 18.6. The topological polar surface area (TPSA) is 96.2 Å². The van der Waals surface area contributed by atoms with Crippen LogP contribution in [0, 0.1) is 27.4 Å². The van der Waals surface area contributed by atoms with Gasteiger partial charge >= 0.3 is 0 Å². The molecule has 1 saturated heterocycles. The van der Waals surface area contributed by atoms with Crippen LogP contribution in [0.1, 0.15) is 24.8 Å². The van der Waals surface area contributed by atoms with Gasteiger partial charge in [0.25, 0.3) is 5.69 Å². The van der Waals surface area contributed by atoms with Crippen molar-refractivity contribution in [3.8, 4) is 6.07 Å². The first-order valence-electron chi connectivity index (χ1n) is 6.79. The van der Waals surface area contributed by atoms with E-state index in [-0.39, 0.29) is 10.6 Å². The lowest BCUT2D eigenvalue weighted by Gasteiger charge is -2.34. The molecule has 0 saturated carbocycles. The Balaban J connectivity index is 2.30. The Morgan fingerprint density at radius 1 is 1.55 bits per heavy atom. The molecule has 0 spiro atoms. The van der Waals surface area contributed by atoms with Gasteiger partial charge in [-0.3, -0.25) is 10.1 Å². The monoisotopic (exact) mass is 274 g/mol. The van der Waals surface area contributed by atoms with E-state index >= 15 is 0 Å². The molecule has 1 fully saturated rings. The largest absolute Gasteiger partial charge is 0.366 e. The lowest BCUT2D eigenvalue weighted by molar-refractivity contribution is -0.384. The highest BCUT2D eigenvalue weighted by Crippen LogP contribution is 2.32. The van der Waals surface area contributed by atoms with E-state index in [1.165, 1.54) is 12.1 Å². The number of nitro benzene ring substituents is 1. The number of hydrogen-bond donors (Lipinski definition) is 1. The molecule has 1 aliphatic rings. The molecule has 2 N–H and O–H groups in total. The van der Waals surface area contributed by atoms with Crippen molar-refractivity contribution in [2.24, 2.45) is 11.7 Å². The highest BCUT2D eigenvalue weighted by Gasteiger charge is 2.25. The summed E-state index contributed by atoms with van der Waals surface area (Å²) in [5.41, 5.74) is 6.67. The number of nitrogens with zero attached hydrogens (tertiary/aromatic N) is 3. The molecule has 6 nitrogen and oxygen atoms in total. The first-order chi connectivity index (χ1) is 9.65. The Hall–Kier alpha value is -2.13. The Labute approximate surface area is 117 Å². The van der Waals surface area contributed by atoms with Crippen molar-refractivity contribution in [2.75, 3.05) is 24.5 Å². The number of piperidine rings is 1. The van der Waals surface area contributed by atoms with E-state index in [0.717, 1.165) is 32.4 Å². The fourth-order valence-corrected chi connectivity index (χ4v) is 2.76. The smallest absolute Gasteiger partial charge is 0.292 e. The quantitative estimate of drug-likeness (QED) is 0.669. The van der Waals surface area contributed by atoms with Crippen molar-refractivity contribution < 1.29 is 4.92 Å². The molecule has 0 radical (unpaired) electrons. The standard InChI is InChI=1S/C14H18N4O2/c15-6-5-11-2-1-7-17(10-11)14-8-12(9-16)3-4-13(14)18(19)20/h3-4,8,11H,1-2,5-7,10,15H2. The maximum Gasteiger partial charge on any atom is 0.292 e. The van der Waals surface area contributed by atoms with Crippen molar-refractivity contribution in [3.05, 3.63) is 33.9 Å². The van der Waals surface area contributed by atoms with Gasteiger partial charge in [-0.05, 0) is 43.9 Å². The minimum atomic E-state index is -0.386. The van der Waals surface area contributed by atoms with Gasteiger partial charge in [0.2, 0.25) is 0 Å². The van der Waals surface area contributed by atoms with Crippen LogP contribution in [-0.2, 0) is 0 Å². The second-order valence-electron chi connectivity index (χ2n) is 5.10. The maximum atomic E-state index is 11.1. The van der Waals surface area contributed by atoms with Crippen LogP contribution in [0.15, 0.2) is 18.2 Å². The lowest BCUT2D eigenvalue weighted by Crippen LogP contribution is -2.36. The molecule has 1 aromatic carbocycles. The third kappa shape index (κ3) is 3.06. The van der Waals surface area contributed by atoms with Gasteiger partial charge in [-0.1, -0.05) is 0 Å². The molecule has 0 amide bonds. The number of nitriles is 1. The van der Waals surface area contributed by atoms with E-state index in [9.17, 15) is 10.1 Å². The SMILES string of the molecule is N#Cc1ccc([N+](=O)[O-])c(N2CCCC(CCN)C2)c1. The molecule has 1 unspecified atom stereocenters. The van der Waals surface area contributed by atoms with Gasteiger partial charge in [0.15, 0.2) is 0 Å². The zero-order chi connectivity index (χ0) is 14.5. The minimum Gasteiger partial charge on any atom is -0.366 e. The van der Waals surface area contributed by atoms with Crippen LogP contribution >= 0.6 is 0 Å². The molecule has 106 valence electrons. The molecule has 2 rings (SSSR count). The molecule has 0 bridgehead atoms. The van der Waals surface area contributed by atoms with Gasteiger partial charge in [0, 0.05) is 19.2 Å². The zero-order valence-electron chi connectivity index (χ0n) is 11.3. The number of benzene rings is 1. The highest BCUT2D eigenvalue weighted by atomic mass is 16.6. The van der Waals surface area contributed by atoms with E-state index in [1.54, 1.807) is 6.07 Å². The van der Waals surface area contributed by atoms with Gasteiger partial charge in [-0.15, -0.1) is 0 Å². The summed E-state index contributed by atoms with van der Waals surface area (Å²) in [5, 5.41) is 20.1. The van der Waals surface area contributed by atoms with Crippen LogP contribution < -0.4 is 10.6 Å².